The molecule has 14 heteroatoms. The maximum absolute atomic E-state index is 14.8. The van der Waals surface area contributed by atoms with Gasteiger partial charge >= 0.3 is 0 Å². The minimum absolute atomic E-state index is 0.173. The Balaban J connectivity index is 1.10. The number of anilines is 3. The van der Waals surface area contributed by atoms with Gasteiger partial charge in [0.15, 0.2) is 12.0 Å². The van der Waals surface area contributed by atoms with Crippen molar-refractivity contribution < 1.29 is 28.5 Å². The quantitative estimate of drug-likeness (QED) is 0.352. The molecular weight excluding hydrogens is 607 g/mol. The highest BCUT2D eigenvalue weighted by Gasteiger charge is 2.33. The number of nitrogens with zero attached hydrogens (tertiary/aromatic N) is 7. The van der Waals surface area contributed by atoms with E-state index in [-0.39, 0.29) is 30.8 Å². The monoisotopic (exact) mass is 646 g/mol. The van der Waals surface area contributed by atoms with Gasteiger partial charge in [0, 0.05) is 62.5 Å². The number of hydrogen-bond donors (Lipinski definition) is 2. The fourth-order valence-electron chi connectivity index (χ4n) is 6.42. The number of piperidine rings is 2. The number of likely N-dealkylation sites (tertiary alicyclic amines) is 1. The van der Waals surface area contributed by atoms with Gasteiger partial charge in [0.05, 0.1) is 38.1 Å². The van der Waals surface area contributed by atoms with Crippen molar-refractivity contribution >= 4 is 23.2 Å². The Kier molecular flexibility index (Phi) is 10.3. The van der Waals surface area contributed by atoms with Crippen LogP contribution in [-0.2, 0) is 9.53 Å². The summed E-state index contributed by atoms with van der Waals surface area (Å²) in [7, 11) is 1.67. The largest absolute Gasteiger partial charge is 0.495 e. The van der Waals surface area contributed by atoms with Crippen LogP contribution < -0.4 is 19.7 Å². The molecule has 13 nitrogen and oxygen atoms in total. The zero-order valence-corrected chi connectivity index (χ0v) is 26.3. The third kappa shape index (κ3) is 7.54. The molecule has 6 rings (SSSR count). The maximum atomic E-state index is 14.8. The molecule has 2 N–H and O–H groups in total. The van der Waals surface area contributed by atoms with E-state index in [4.69, 9.17) is 19.3 Å². The molecule has 1 aromatic heterocycles. The van der Waals surface area contributed by atoms with Crippen molar-refractivity contribution in [3.05, 3.63) is 48.3 Å². The Morgan fingerprint density at radius 2 is 1.89 bits per heavy atom. The van der Waals surface area contributed by atoms with Gasteiger partial charge in [-0.05, 0) is 43.2 Å². The van der Waals surface area contributed by atoms with Crippen LogP contribution >= 0.6 is 0 Å². The number of nitriles is 1. The summed E-state index contributed by atoms with van der Waals surface area (Å²) in [4.78, 5) is 31.0. The Hall–Kier alpha value is -4.58. The van der Waals surface area contributed by atoms with Crippen LogP contribution in [0.25, 0.3) is 11.4 Å². The molecule has 2 unspecified atom stereocenters. The second-order valence-electron chi connectivity index (χ2n) is 11.8. The molecule has 0 radical (unpaired) electrons. The molecule has 0 spiro atoms. The highest BCUT2D eigenvalue weighted by molar-refractivity contribution is 5.77. The van der Waals surface area contributed by atoms with Gasteiger partial charge in [0.25, 0.3) is 0 Å². The fourth-order valence-corrected chi connectivity index (χ4v) is 6.42. The number of amides is 1. The highest BCUT2D eigenvalue weighted by atomic mass is 19.1. The van der Waals surface area contributed by atoms with Gasteiger partial charge in [-0.2, -0.15) is 10.2 Å². The van der Waals surface area contributed by atoms with Crippen molar-refractivity contribution in [3.63, 3.8) is 0 Å². The summed E-state index contributed by atoms with van der Waals surface area (Å²) < 4.78 is 32.0. The van der Waals surface area contributed by atoms with E-state index < -0.39 is 24.8 Å². The van der Waals surface area contributed by atoms with E-state index in [0.29, 0.717) is 23.4 Å². The summed E-state index contributed by atoms with van der Waals surface area (Å²) >= 11 is 0. The average molecular weight is 647 g/mol. The van der Waals surface area contributed by atoms with E-state index in [9.17, 15) is 14.4 Å². The van der Waals surface area contributed by atoms with Crippen molar-refractivity contribution in [1.82, 2.24) is 24.8 Å². The van der Waals surface area contributed by atoms with Gasteiger partial charge in [-0.3, -0.25) is 9.69 Å². The lowest BCUT2D eigenvalue weighted by atomic mass is 10.0. The number of methoxy groups -OCH3 is 1. The van der Waals surface area contributed by atoms with Crippen LogP contribution in [0.5, 0.6) is 11.5 Å². The van der Waals surface area contributed by atoms with Crippen molar-refractivity contribution in [2.75, 3.05) is 76.4 Å². The SMILES string of the molecule is COc1cc(Nc2ncnc(-c3ccc(OC4CCN(C(=O)CO)CC4F)c(C#N)c3)n2)ccc1N1CCC(N2CCOCC2)CC1. The van der Waals surface area contributed by atoms with Crippen LogP contribution in [0.1, 0.15) is 24.8 Å². The summed E-state index contributed by atoms with van der Waals surface area (Å²) in [5, 5.41) is 22.1. The number of alkyl halides is 1. The minimum atomic E-state index is -1.46. The topological polar surface area (TPSA) is 149 Å². The molecule has 0 aliphatic carbocycles. The smallest absolute Gasteiger partial charge is 0.248 e. The van der Waals surface area contributed by atoms with Gasteiger partial charge in [-0.1, -0.05) is 0 Å². The number of hydrogen-bond acceptors (Lipinski definition) is 12. The molecule has 3 aromatic rings. The Bertz CT molecular complexity index is 1590. The predicted octanol–water partition coefficient (Wildman–Crippen LogP) is 2.77. The van der Waals surface area contributed by atoms with Crippen LogP contribution in [0.4, 0.5) is 21.7 Å². The molecule has 3 aliphatic heterocycles. The molecule has 2 atom stereocenters. The number of benzene rings is 2. The standard InChI is InChI=1S/C33H39FN8O5/c1-45-30-17-24(3-4-27(30)41-9-6-25(7-10-41)40-12-14-46-15-13-40)38-33-37-21-36-32(39-33)22-2-5-28(23(16-22)18-35)47-29-8-11-42(19-26(29)34)31(44)20-43/h2-5,16-17,21,25-26,29,43H,6-15,19-20H2,1H3,(H,36,37,38,39). The molecule has 1 amide bonds. The predicted molar refractivity (Wildman–Crippen MR) is 171 cm³/mol. The molecule has 3 fully saturated rings. The summed E-state index contributed by atoms with van der Waals surface area (Å²) in [5.74, 6) is 1.13. The summed E-state index contributed by atoms with van der Waals surface area (Å²) in [6.45, 7) is 4.97. The van der Waals surface area contributed by atoms with Crippen LogP contribution in [-0.4, -0.2) is 120 Å². The first kappa shape index (κ1) is 32.4. The van der Waals surface area contributed by atoms with Crippen molar-refractivity contribution in [2.45, 2.75) is 37.6 Å². The molecule has 2 aromatic carbocycles. The number of aromatic nitrogens is 3. The molecule has 3 aliphatic rings. The molecule has 3 saturated heterocycles. The van der Waals surface area contributed by atoms with Crippen LogP contribution in [0.15, 0.2) is 42.7 Å². The van der Waals surface area contributed by atoms with Gasteiger partial charge in [0.1, 0.15) is 36.6 Å². The van der Waals surface area contributed by atoms with E-state index >= 15 is 0 Å². The molecule has 4 heterocycles. The van der Waals surface area contributed by atoms with Gasteiger partial charge in [-0.25, -0.2) is 14.4 Å². The number of morpholine rings is 1. The van der Waals surface area contributed by atoms with Crippen LogP contribution in [0.3, 0.4) is 0 Å². The molecular formula is C33H39FN8O5. The van der Waals surface area contributed by atoms with Gasteiger partial charge in [0.2, 0.25) is 11.9 Å². The number of carbonyl (C=O) groups excluding carboxylic acids is 1. The zero-order valence-electron chi connectivity index (χ0n) is 26.3. The second-order valence-corrected chi connectivity index (χ2v) is 11.8. The molecule has 248 valence electrons. The number of ether oxygens (including phenoxy) is 3. The maximum Gasteiger partial charge on any atom is 0.248 e. The summed E-state index contributed by atoms with van der Waals surface area (Å²) in [5.41, 5.74) is 2.56. The lowest BCUT2D eigenvalue weighted by Crippen LogP contribution is -2.50. The van der Waals surface area contributed by atoms with Crippen molar-refractivity contribution in [1.29, 1.82) is 5.26 Å². The average Bonchev–Trinajstić information content (AvgIpc) is 3.12. The molecule has 47 heavy (non-hydrogen) atoms. The third-order valence-corrected chi connectivity index (χ3v) is 8.98. The first-order valence-corrected chi connectivity index (χ1v) is 15.9. The third-order valence-electron chi connectivity index (χ3n) is 8.98. The number of nitrogens with one attached hydrogen (secondary N) is 1. The second kappa shape index (κ2) is 14.9. The Labute approximate surface area is 272 Å². The lowest BCUT2D eigenvalue weighted by molar-refractivity contribution is -0.138. The minimum Gasteiger partial charge on any atom is -0.495 e. The van der Waals surface area contributed by atoms with E-state index in [2.05, 4.69) is 36.1 Å². The van der Waals surface area contributed by atoms with Crippen LogP contribution in [0, 0.1) is 11.3 Å². The number of halogens is 1. The Morgan fingerprint density at radius 3 is 2.62 bits per heavy atom. The van der Waals surface area contributed by atoms with Crippen molar-refractivity contribution in [3.8, 4) is 29.0 Å². The number of carbonyl (C=O) groups is 1. The number of aliphatic hydroxyl groups excluding tert-OH is 1. The number of aliphatic hydroxyl groups is 1. The van der Waals surface area contributed by atoms with Crippen molar-refractivity contribution in [2.24, 2.45) is 0 Å². The molecule has 0 bridgehead atoms. The van der Waals surface area contributed by atoms with E-state index in [0.717, 1.165) is 69.4 Å². The van der Waals surface area contributed by atoms with Crippen LogP contribution in [0.2, 0.25) is 0 Å². The van der Waals surface area contributed by atoms with Gasteiger partial charge < -0.3 is 34.4 Å². The molecule has 0 saturated carbocycles. The van der Waals surface area contributed by atoms with E-state index in [1.807, 2.05) is 18.2 Å². The summed E-state index contributed by atoms with van der Waals surface area (Å²) in [6, 6.07) is 13.5. The highest BCUT2D eigenvalue weighted by Crippen LogP contribution is 2.35. The Morgan fingerprint density at radius 1 is 1.09 bits per heavy atom. The van der Waals surface area contributed by atoms with E-state index in [1.54, 1.807) is 25.3 Å². The van der Waals surface area contributed by atoms with E-state index in [1.165, 1.54) is 11.2 Å². The fraction of sp³-hybridized carbons (Fsp3) is 0.485. The zero-order chi connectivity index (χ0) is 32.8. The number of rotatable bonds is 9. The van der Waals surface area contributed by atoms with Gasteiger partial charge in [-0.15, -0.1) is 0 Å². The summed E-state index contributed by atoms with van der Waals surface area (Å²) in [6.07, 6.45) is 1.54. The first-order chi connectivity index (χ1) is 22.9. The normalized spacial score (nSPS) is 20.8. The lowest BCUT2D eigenvalue weighted by Gasteiger charge is -2.41. The first-order valence-electron chi connectivity index (χ1n) is 15.9.